The first-order valence-corrected chi connectivity index (χ1v) is 7.24. The summed E-state index contributed by atoms with van der Waals surface area (Å²) in [5, 5.41) is 2.94. The van der Waals surface area contributed by atoms with E-state index >= 15 is 0 Å². The summed E-state index contributed by atoms with van der Waals surface area (Å²) in [4.78, 5) is 24.6. The Morgan fingerprint density at radius 2 is 1.47 bits per heavy atom. The normalized spacial score (nSPS) is 15.8. The average Bonchev–Trinajstić information content (AvgIpc) is 2.24. The summed E-state index contributed by atoms with van der Waals surface area (Å²) in [7, 11) is 0. The fraction of sp³-hybridized carbons (Fsp3) is 0.875. The van der Waals surface area contributed by atoms with Crippen LogP contribution < -0.4 is 5.32 Å². The smallest absolute Gasteiger partial charge is 0.225 e. The number of nitrogens with one attached hydrogen (secondary N) is 1. The lowest BCUT2D eigenvalue weighted by molar-refractivity contribution is -0.136. The molecule has 0 saturated heterocycles. The van der Waals surface area contributed by atoms with Gasteiger partial charge in [0.05, 0.1) is 6.04 Å². The Morgan fingerprint density at radius 1 is 1.00 bits per heavy atom. The second-order valence-electron chi connectivity index (χ2n) is 7.64. The van der Waals surface area contributed by atoms with E-state index in [1.807, 2.05) is 41.5 Å². The van der Waals surface area contributed by atoms with E-state index in [9.17, 15) is 9.59 Å². The molecule has 0 fully saturated rings. The van der Waals surface area contributed by atoms with E-state index in [0.717, 1.165) is 6.42 Å². The molecular formula is C16H31NO2. The van der Waals surface area contributed by atoms with Crippen molar-refractivity contribution in [3.8, 4) is 0 Å². The Balaban J connectivity index is 4.98. The second-order valence-corrected chi connectivity index (χ2v) is 7.64. The molecule has 3 nitrogen and oxygen atoms in total. The second kappa shape index (κ2) is 6.53. The molecule has 1 amide bonds. The fourth-order valence-corrected chi connectivity index (χ4v) is 1.70. The Morgan fingerprint density at radius 3 is 1.79 bits per heavy atom. The largest absolute Gasteiger partial charge is 0.346 e. The van der Waals surface area contributed by atoms with Crippen molar-refractivity contribution in [3.63, 3.8) is 0 Å². The molecule has 0 aromatic rings. The number of amides is 1. The minimum absolute atomic E-state index is 0.0570. The van der Waals surface area contributed by atoms with Gasteiger partial charge in [0, 0.05) is 10.8 Å². The van der Waals surface area contributed by atoms with Crippen molar-refractivity contribution in [1.29, 1.82) is 0 Å². The Kier molecular flexibility index (Phi) is 6.24. The molecule has 19 heavy (non-hydrogen) atoms. The summed E-state index contributed by atoms with van der Waals surface area (Å²) in [6.45, 7) is 15.5. The van der Waals surface area contributed by atoms with E-state index in [-0.39, 0.29) is 17.7 Å². The van der Waals surface area contributed by atoms with Crippen LogP contribution in [0.15, 0.2) is 0 Å². The van der Waals surface area contributed by atoms with Crippen LogP contribution in [0.5, 0.6) is 0 Å². The van der Waals surface area contributed by atoms with Crippen LogP contribution in [0.3, 0.4) is 0 Å². The van der Waals surface area contributed by atoms with Crippen LogP contribution >= 0.6 is 0 Å². The van der Waals surface area contributed by atoms with Crippen molar-refractivity contribution >= 4 is 11.7 Å². The first kappa shape index (κ1) is 18.1. The number of hydrogen-bond acceptors (Lipinski definition) is 2. The van der Waals surface area contributed by atoms with Gasteiger partial charge in [-0.15, -0.1) is 0 Å². The Bertz CT molecular complexity index is 321. The van der Waals surface area contributed by atoms with E-state index in [2.05, 4.69) is 19.2 Å². The van der Waals surface area contributed by atoms with Crippen molar-refractivity contribution < 1.29 is 9.59 Å². The third-order valence-corrected chi connectivity index (χ3v) is 3.38. The highest BCUT2D eigenvalue weighted by Crippen LogP contribution is 2.23. The van der Waals surface area contributed by atoms with Crippen LogP contribution in [0.2, 0.25) is 0 Å². The fourth-order valence-electron chi connectivity index (χ4n) is 1.70. The lowest BCUT2D eigenvalue weighted by Gasteiger charge is -2.29. The van der Waals surface area contributed by atoms with Crippen LogP contribution in [0, 0.1) is 16.7 Å². The summed E-state index contributed by atoms with van der Waals surface area (Å²) in [6, 6.07) is -0.373. The first-order valence-electron chi connectivity index (χ1n) is 7.24. The minimum atomic E-state index is -0.466. The predicted molar refractivity (Wildman–Crippen MR) is 79.9 cm³/mol. The van der Waals surface area contributed by atoms with Crippen molar-refractivity contribution in [2.24, 2.45) is 16.7 Å². The average molecular weight is 269 g/mol. The molecule has 2 atom stereocenters. The van der Waals surface area contributed by atoms with Crippen molar-refractivity contribution in [2.75, 3.05) is 0 Å². The van der Waals surface area contributed by atoms with Gasteiger partial charge >= 0.3 is 0 Å². The van der Waals surface area contributed by atoms with E-state index in [1.165, 1.54) is 0 Å². The van der Waals surface area contributed by atoms with Crippen molar-refractivity contribution in [3.05, 3.63) is 0 Å². The summed E-state index contributed by atoms with van der Waals surface area (Å²) >= 11 is 0. The molecule has 0 rings (SSSR count). The number of carbonyl (C=O) groups excluding carboxylic acids is 2. The molecule has 112 valence electrons. The first-order chi connectivity index (χ1) is 8.39. The molecule has 0 aliphatic rings. The third-order valence-electron chi connectivity index (χ3n) is 3.38. The molecule has 0 aliphatic carbocycles. The molecular weight excluding hydrogens is 238 g/mol. The SMILES string of the molecule is CCC(C)C[C@@H](NC(=O)C(C)(C)C)C(=O)C(C)(C)C. The van der Waals surface area contributed by atoms with Gasteiger partial charge in [0.25, 0.3) is 0 Å². The van der Waals surface area contributed by atoms with Gasteiger partial charge in [-0.05, 0) is 12.3 Å². The van der Waals surface area contributed by atoms with Crippen molar-refractivity contribution in [2.45, 2.75) is 74.3 Å². The van der Waals surface area contributed by atoms with Crippen LogP contribution in [0.1, 0.15) is 68.2 Å². The van der Waals surface area contributed by atoms with Gasteiger partial charge in [0.15, 0.2) is 5.78 Å². The molecule has 0 spiro atoms. The maximum atomic E-state index is 12.5. The van der Waals surface area contributed by atoms with Crippen LogP contribution in [-0.4, -0.2) is 17.7 Å². The molecule has 0 aromatic heterocycles. The van der Waals surface area contributed by atoms with E-state index in [4.69, 9.17) is 0 Å². The monoisotopic (exact) mass is 269 g/mol. The highest BCUT2D eigenvalue weighted by Gasteiger charge is 2.33. The Labute approximate surface area is 118 Å². The minimum Gasteiger partial charge on any atom is -0.346 e. The maximum absolute atomic E-state index is 12.5. The van der Waals surface area contributed by atoms with Gasteiger partial charge in [-0.25, -0.2) is 0 Å². The highest BCUT2D eigenvalue weighted by molar-refractivity contribution is 5.93. The molecule has 1 unspecified atom stereocenters. The van der Waals surface area contributed by atoms with Gasteiger partial charge < -0.3 is 5.32 Å². The van der Waals surface area contributed by atoms with E-state index < -0.39 is 10.8 Å². The molecule has 0 aliphatic heterocycles. The van der Waals surface area contributed by atoms with Crippen LogP contribution in [0.4, 0.5) is 0 Å². The van der Waals surface area contributed by atoms with Gasteiger partial charge in [0.2, 0.25) is 5.91 Å². The number of hydrogen-bond donors (Lipinski definition) is 1. The quantitative estimate of drug-likeness (QED) is 0.829. The molecule has 0 bridgehead atoms. The number of rotatable bonds is 5. The molecule has 0 saturated carbocycles. The lowest BCUT2D eigenvalue weighted by Crippen LogP contribution is -2.49. The number of carbonyl (C=O) groups is 2. The third kappa shape index (κ3) is 6.22. The molecule has 3 heteroatoms. The predicted octanol–water partition coefficient (Wildman–Crippen LogP) is 3.57. The zero-order valence-electron chi connectivity index (χ0n) is 13.9. The summed E-state index contributed by atoms with van der Waals surface area (Å²) in [5.74, 6) is 0.486. The molecule has 0 radical (unpaired) electrons. The topological polar surface area (TPSA) is 46.2 Å². The Hall–Kier alpha value is -0.860. The summed E-state index contributed by atoms with van der Waals surface area (Å²) < 4.78 is 0. The van der Waals surface area contributed by atoms with Crippen LogP contribution in [-0.2, 0) is 9.59 Å². The zero-order valence-corrected chi connectivity index (χ0v) is 13.9. The number of Topliss-reactive ketones (excluding diaryl/α,β-unsaturated/α-hetero) is 1. The van der Waals surface area contributed by atoms with Crippen LogP contribution in [0.25, 0.3) is 0 Å². The van der Waals surface area contributed by atoms with Gasteiger partial charge in [-0.1, -0.05) is 61.8 Å². The lowest BCUT2D eigenvalue weighted by atomic mass is 9.82. The number of ketones is 1. The van der Waals surface area contributed by atoms with Gasteiger partial charge in [0.1, 0.15) is 0 Å². The maximum Gasteiger partial charge on any atom is 0.225 e. The standard InChI is InChI=1S/C16H31NO2/c1-9-11(2)10-12(13(18)15(3,4)5)17-14(19)16(6,7)8/h11-12H,9-10H2,1-8H3,(H,17,19)/t11?,12-/m1/s1. The zero-order chi connectivity index (χ0) is 15.4. The van der Waals surface area contributed by atoms with Gasteiger partial charge in [-0.2, -0.15) is 0 Å². The molecule has 0 aromatic carbocycles. The van der Waals surface area contributed by atoms with E-state index in [0.29, 0.717) is 12.3 Å². The summed E-state index contributed by atoms with van der Waals surface area (Å²) in [6.07, 6.45) is 1.73. The highest BCUT2D eigenvalue weighted by atomic mass is 16.2. The molecule has 1 N–H and O–H groups in total. The van der Waals surface area contributed by atoms with Crippen molar-refractivity contribution in [1.82, 2.24) is 5.32 Å². The summed E-state index contributed by atoms with van der Waals surface area (Å²) in [5.41, 5.74) is -0.894. The van der Waals surface area contributed by atoms with Gasteiger partial charge in [-0.3, -0.25) is 9.59 Å². The molecule has 0 heterocycles. The van der Waals surface area contributed by atoms with E-state index in [1.54, 1.807) is 0 Å².